The van der Waals surface area contributed by atoms with E-state index in [0.29, 0.717) is 12.3 Å². The molecule has 2 aliphatic rings. The number of rotatable bonds is 1. The quantitative estimate of drug-likeness (QED) is 0.803. The van der Waals surface area contributed by atoms with E-state index in [1.54, 1.807) is 0 Å². The summed E-state index contributed by atoms with van der Waals surface area (Å²) in [6.45, 7) is 2.08. The van der Waals surface area contributed by atoms with E-state index in [9.17, 15) is 4.79 Å². The fourth-order valence-corrected chi connectivity index (χ4v) is 2.78. The molecule has 2 aliphatic heterocycles. The number of benzene rings is 1. The van der Waals surface area contributed by atoms with Crippen LogP contribution in [0.15, 0.2) is 24.3 Å². The number of para-hydroxylation sites is 1. The highest BCUT2D eigenvalue weighted by Gasteiger charge is 2.32. The van der Waals surface area contributed by atoms with Crippen LogP contribution in [-0.4, -0.2) is 25.0 Å². The third-order valence-corrected chi connectivity index (χ3v) is 3.76. The Labute approximate surface area is 101 Å². The molecule has 1 aromatic rings. The summed E-state index contributed by atoms with van der Waals surface area (Å²) in [5.74, 6) is 1.52. The molecule has 1 unspecified atom stereocenters. The molecular formula is C14H17NO2. The van der Waals surface area contributed by atoms with Crippen LogP contribution in [0, 0.1) is 5.92 Å². The molecule has 1 saturated heterocycles. The van der Waals surface area contributed by atoms with Gasteiger partial charge in [-0.25, -0.2) is 0 Å². The van der Waals surface area contributed by atoms with Gasteiger partial charge in [0.25, 0.3) is 0 Å². The van der Waals surface area contributed by atoms with Gasteiger partial charge in [0.2, 0.25) is 0 Å². The van der Waals surface area contributed by atoms with E-state index in [-0.39, 0.29) is 11.9 Å². The summed E-state index contributed by atoms with van der Waals surface area (Å²) in [6.07, 6.45) is 2.85. The number of fused-ring (bicyclic) bond motifs is 1. The van der Waals surface area contributed by atoms with E-state index in [1.165, 1.54) is 0 Å². The Morgan fingerprint density at radius 3 is 2.76 bits per heavy atom. The van der Waals surface area contributed by atoms with Crippen molar-refractivity contribution in [2.45, 2.75) is 25.4 Å². The summed E-state index contributed by atoms with van der Waals surface area (Å²) in [5.41, 5.74) is 0.748. The minimum absolute atomic E-state index is 0.0829. The first-order valence-corrected chi connectivity index (χ1v) is 6.34. The lowest BCUT2D eigenvalue weighted by molar-refractivity contribution is 0.0670. The third kappa shape index (κ3) is 2.07. The fraction of sp³-hybridized carbons (Fsp3) is 0.500. The second kappa shape index (κ2) is 4.49. The predicted octanol–water partition coefficient (Wildman–Crippen LogP) is 2.02. The Morgan fingerprint density at radius 2 is 1.94 bits per heavy atom. The average Bonchev–Trinajstić information content (AvgIpc) is 2.40. The summed E-state index contributed by atoms with van der Waals surface area (Å²) in [7, 11) is 0. The van der Waals surface area contributed by atoms with Gasteiger partial charge in [0.05, 0.1) is 5.56 Å². The zero-order valence-corrected chi connectivity index (χ0v) is 9.82. The van der Waals surface area contributed by atoms with Crippen LogP contribution in [-0.2, 0) is 0 Å². The van der Waals surface area contributed by atoms with Crippen LogP contribution in [0.2, 0.25) is 0 Å². The van der Waals surface area contributed by atoms with Crippen molar-refractivity contribution >= 4 is 5.78 Å². The first-order chi connectivity index (χ1) is 8.34. The largest absolute Gasteiger partial charge is 0.489 e. The van der Waals surface area contributed by atoms with E-state index in [2.05, 4.69) is 5.32 Å². The first-order valence-electron chi connectivity index (χ1n) is 6.34. The molecule has 0 bridgehead atoms. The van der Waals surface area contributed by atoms with Crippen LogP contribution < -0.4 is 10.1 Å². The van der Waals surface area contributed by atoms with Crippen molar-refractivity contribution in [3.63, 3.8) is 0 Å². The summed E-state index contributed by atoms with van der Waals surface area (Å²) in [5, 5.41) is 3.34. The minimum Gasteiger partial charge on any atom is -0.489 e. The molecule has 0 radical (unpaired) electrons. The molecule has 90 valence electrons. The highest BCUT2D eigenvalue weighted by Crippen LogP contribution is 2.32. The molecule has 0 amide bonds. The van der Waals surface area contributed by atoms with Gasteiger partial charge in [-0.2, -0.15) is 0 Å². The number of hydrogen-bond donors (Lipinski definition) is 1. The Balaban J connectivity index is 1.80. The first kappa shape index (κ1) is 10.8. The molecule has 3 rings (SSSR count). The normalized spacial score (nSPS) is 25.2. The van der Waals surface area contributed by atoms with Crippen molar-refractivity contribution in [3.8, 4) is 5.75 Å². The number of ketones is 1. The Hall–Kier alpha value is -1.35. The van der Waals surface area contributed by atoms with Crippen molar-refractivity contribution in [2.24, 2.45) is 5.92 Å². The van der Waals surface area contributed by atoms with Gasteiger partial charge in [-0.1, -0.05) is 12.1 Å². The molecule has 17 heavy (non-hydrogen) atoms. The lowest BCUT2D eigenvalue weighted by atomic mass is 9.86. The van der Waals surface area contributed by atoms with Gasteiger partial charge in [-0.05, 0) is 44.0 Å². The van der Waals surface area contributed by atoms with E-state index in [0.717, 1.165) is 37.2 Å². The lowest BCUT2D eigenvalue weighted by Gasteiger charge is -2.33. The molecule has 1 N–H and O–H groups in total. The molecule has 1 atom stereocenters. The molecule has 3 heteroatoms. The second-order valence-electron chi connectivity index (χ2n) is 4.87. The summed E-state index contributed by atoms with van der Waals surface area (Å²) >= 11 is 0. The van der Waals surface area contributed by atoms with Gasteiger partial charge < -0.3 is 10.1 Å². The van der Waals surface area contributed by atoms with Crippen molar-refractivity contribution in [3.05, 3.63) is 29.8 Å². The number of carbonyl (C=O) groups excluding carboxylic acids is 1. The molecule has 1 fully saturated rings. The van der Waals surface area contributed by atoms with Gasteiger partial charge in [0, 0.05) is 6.42 Å². The molecule has 0 spiro atoms. The maximum absolute atomic E-state index is 12.0. The number of piperidine rings is 1. The van der Waals surface area contributed by atoms with E-state index >= 15 is 0 Å². The minimum atomic E-state index is 0.0829. The van der Waals surface area contributed by atoms with Gasteiger partial charge in [0.15, 0.2) is 5.78 Å². The molecule has 1 aromatic carbocycles. The molecule has 0 saturated carbocycles. The summed E-state index contributed by atoms with van der Waals surface area (Å²) < 4.78 is 5.99. The maximum Gasteiger partial charge on any atom is 0.170 e. The highest BCUT2D eigenvalue weighted by molar-refractivity contribution is 5.99. The van der Waals surface area contributed by atoms with E-state index in [4.69, 9.17) is 4.74 Å². The summed E-state index contributed by atoms with van der Waals surface area (Å²) in [4.78, 5) is 12.0. The summed E-state index contributed by atoms with van der Waals surface area (Å²) in [6, 6.07) is 7.58. The second-order valence-corrected chi connectivity index (χ2v) is 4.87. The molecular weight excluding hydrogens is 214 g/mol. The standard InChI is InChI=1S/C14H17NO2/c16-12-9-14(10-5-7-15-8-6-10)17-13-4-2-1-3-11(12)13/h1-4,10,14-15H,5-9H2. The Morgan fingerprint density at radius 1 is 1.18 bits per heavy atom. The number of hydrogen-bond acceptors (Lipinski definition) is 3. The van der Waals surface area contributed by atoms with Crippen LogP contribution in [0.1, 0.15) is 29.6 Å². The van der Waals surface area contributed by atoms with Crippen LogP contribution in [0.5, 0.6) is 5.75 Å². The smallest absolute Gasteiger partial charge is 0.170 e. The maximum atomic E-state index is 12.0. The number of Topliss-reactive ketones (excluding diaryl/α,β-unsaturated/α-hetero) is 1. The topological polar surface area (TPSA) is 38.3 Å². The van der Waals surface area contributed by atoms with E-state index in [1.807, 2.05) is 24.3 Å². The van der Waals surface area contributed by atoms with Gasteiger partial charge in [-0.3, -0.25) is 4.79 Å². The van der Waals surface area contributed by atoms with Crippen LogP contribution >= 0.6 is 0 Å². The van der Waals surface area contributed by atoms with Crippen LogP contribution in [0.4, 0.5) is 0 Å². The lowest BCUT2D eigenvalue weighted by Crippen LogP contribution is -2.39. The molecule has 3 nitrogen and oxygen atoms in total. The number of nitrogens with one attached hydrogen (secondary N) is 1. The fourth-order valence-electron chi connectivity index (χ4n) is 2.78. The zero-order valence-electron chi connectivity index (χ0n) is 9.82. The van der Waals surface area contributed by atoms with Gasteiger partial charge in [0.1, 0.15) is 11.9 Å². The van der Waals surface area contributed by atoms with Crippen molar-refractivity contribution in [2.75, 3.05) is 13.1 Å². The van der Waals surface area contributed by atoms with E-state index < -0.39 is 0 Å². The van der Waals surface area contributed by atoms with Gasteiger partial charge in [-0.15, -0.1) is 0 Å². The number of ether oxygens (including phenoxy) is 1. The zero-order chi connectivity index (χ0) is 11.7. The third-order valence-electron chi connectivity index (χ3n) is 3.76. The van der Waals surface area contributed by atoms with Gasteiger partial charge >= 0.3 is 0 Å². The van der Waals surface area contributed by atoms with Crippen molar-refractivity contribution < 1.29 is 9.53 Å². The Bertz CT molecular complexity index is 424. The van der Waals surface area contributed by atoms with Crippen molar-refractivity contribution in [1.29, 1.82) is 0 Å². The predicted molar refractivity (Wildman–Crippen MR) is 65.4 cm³/mol. The SMILES string of the molecule is O=C1CC(C2CCNCC2)Oc2ccccc21. The Kier molecular flexibility index (Phi) is 2.85. The van der Waals surface area contributed by atoms with Crippen LogP contribution in [0.3, 0.4) is 0 Å². The van der Waals surface area contributed by atoms with Crippen LogP contribution in [0.25, 0.3) is 0 Å². The molecule has 2 heterocycles. The monoisotopic (exact) mass is 231 g/mol. The molecule has 0 aliphatic carbocycles. The highest BCUT2D eigenvalue weighted by atomic mass is 16.5. The van der Waals surface area contributed by atoms with Crippen molar-refractivity contribution in [1.82, 2.24) is 5.32 Å². The molecule has 0 aromatic heterocycles. The average molecular weight is 231 g/mol. The number of carbonyl (C=O) groups is 1.